The summed E-state index contributed by atoms with van der Waals surface area (Å²) < 4.78 is 6.42. The predicted molar refractivity (Wildman–Crippen MR) is 151 cm³/mol. The first-order valence-electron chi connectivity index (χ1n) is 15.3. The molecular weight excluding hydrogens is 400 g/mol. The van der Waals surface area contributed by atoms with E-state index in [1.807, 2.05) is 0 Å². The second kappa shape index (κ2) is 27.5. The molecule has 1 heteroatoms. The van der Waals surface area contributed by atoms with Crippen LogP contribution < -0.4 is 0 Å². The van der Waals surface area contributed by atoms with Gasteiger partial charge in [0.05, 0.1) is 11.5 Å². The first kappa shape index (κ1) is 32.3. The summed E-state index contributed by atoms with van der Waals surface area (Å²) in [6, 6.07) is 0. The molecule has 0 aromatic carbocycles. The van der Waals surface area contributed by atoms with Gasteiger partial charge < -0.3 is 4.74 Å². The molecule has 0 bridgehead atoms. The van der Waals surface area contributed by atoms with Crippen molar-refractivity contribution in [2.45, 2.75) is 182 Å². The van der Waals surface area contributed by atoms with Crippen LogP contribution in [0.3, 0.4) is 0 Å². The molecule has 0 saturated heterocycles. The SMILES string of the molecule is CCC=C(CCCCCCCCCCCC)OC(=CCC)CCCCCCCCCCCC. The van der Waals surface area contributed by atoms with Gasteiger partial charge in [-0.15, -0.1) is 0 Å². The highest BCUT2D eigenvalue weighted by Gasteiger charge is 2.05. The van der Waals surface area contributed by atoms with Crippen LogP contribution in [0.2, 0.25) is 0 Å². The van der Waals surface area contributed by atoms with E-state index in [0.717, 1.165) is 25.7 Å². The molecule has 0 saturated carbocycles. The van der Waals surface area contributed by atoms with Crippen LogP contribution in [0.25, 0.3) is 0 Å². The van der Waals surface area contributed by atoms with Crippen LogP contribution in [0.5, 0.6) is 0 Å². The van der Waals surface area contributed by atoms with Crippen LogP contribution in [0.4, 0.5) is 0 Å². The molecule has 0 unspecified atom stereocenters. The van der Waals surface area contributed by atoms with Crippen molar-refractivity contribution < 1.29 is 4.74 Å². The maximum Gasteiger partial charge on any atom is 0.0996 e. The van der Waals surface area contributed by atoms with Crippen LogP contribution in [0.15, 0.2) is 23.7 Å². The van der Waals surface area contributed by atoms with Crippen molar-refractivity contribution in [1.29, 1.82) is 0 Å². The van der Waals surface area contributed by atoms with Crippen LogP contribution in [-0.2, 0) is 4.74 Å². The smallest absolute Gasteiger partial charge is 0.0996 e. The van der Waals surface area contributed by atoms with E-state index in [0.29, 0.717) is 0 Å². The fraction of sp³-hybridized carbons (Fsp3) is 0.875. The van der Waals surface area contributed by atoms with Crippen molar-refractivity contribution in [1.82, 2.24) is 0 Å². The Morgan fingerprint density at radius 2 is 0.667 bits per heavy atom. The van der Waals surface area contributed by atoms with E-state index in [2.05, 4.69) is 39.8 Å². The van der Waals surface area contributed by atoms with E-state index in [-0.39, 0.29) is 0 Å². The van der Waals surface area contributed by atoms with Gasteiger partial charge in [0.2, 0.25) is 0 Å². The number of rotatable bonds is 26. The fourth-order valence-electron chi connectivity index (χ4n) is 4.59. The van der Waals surface area contributed by atoms with Crippen molar-refractivity contribution >= 4 is 0 Å². The topological polar surface area (TPSA) is 9.23 Å². The van der Waals surface area contributed by atoms with Gasteiger partial charge in [0, 0.05) is 12.8 Å². The number of hydrogen-bond donors (Lipinski definition) is 0. The van der Waals surface area contributed by atoms with Gasteiger partial charge in [-0.05, 0) is 37.8 Å². The molecule has 0 heterocycles. The molecular formula is C32H62O. The molecule has 0 fully saturated rings. The standard InChI is InChI=1S/C32H62O/c1-5-9-11-13-15-17-19-21-23-25-29-31(27-7-3)33-32(28-8-4)30-26-24-22-20-18-16-14-12-10-6-2/h27-28H,5-26,29-30H2,1-4H3. The second-order valence-electron chi connectivity index (χ2n) is 10.1. The summed E-state index contributed by atoms with van der Waals surface area (Å²) in [6.45, 7) is 9.05. The third-order valence-corrected chi connectivity index (χ3v) is 6.68. The molecule has 33 heavy (non-hydrogen) atoms. The largest absolute Gasteiger partial charge is 0.467 e. The molecule has 0 rings (SSSR count). The number of hydrogen-bond acceptors (Lipinski definition) is 1. The molecule has 0 N–H and O–H groups in total. The number of unbranched alkanes of at least 4 members (excludes halogenated alkanes) is 18. The van der Waals surface area contributed by atoms with Gasteiger partial charge in [-0.25, -0.2) is 0 Å². The maximum absolute atomic E-state index is 6.42. The molecule has 0 spiro atoms. The van der Waals surface area contributed by atoms with Crippen molar-refractivity contribution in [2.75, 3.05) is 0 Å². The Hall–Kier alpha value is -0.720. The van der Waals surface area contributed by atoms with Crippen molar-refractivity contribution in [2.24, 2.45) is 0 Å². The Morgan fingerprint density at radius 1 is 0.394 bits per heavy atom. The van der Waals surface area contributed by atoms with Crippen LogP contribution in [0, 0.1) is 0 Å². The number of allylic oxidation sites excluding steroid dienone is 4. The van der Waals surface area contributed by atoms with Gasteiger partial charge >= 0.3 is 0 Å². The molecule has 0 aliphatic rings. The minimum atomic E-state index is 1.07. The van der Waals surface area contributed by atoms with E-state index >= 15 is 0 Å². The summed E-state index contributed by atoms with van der Waals surface area (Å²) in [6.07, 6.45) is 36.9. The second-order valence-corrected chi connectivity index (χ2v) is 10.1. The fourth-order valence-corrected chi connectivity index (χ4v) is 4.59. The Labute approximate surface area is 210 Å². The van der Waals surface area contributed by atoms with E-state index in [1.165, 1.54) is 140 Å². The predicted octanol–water partition coefficient (Wildman–Crippen LogP) is 12.2. The Morgan fingerprint density at radius 3 is 0.939 bits per heavy atom. The van der Waals surface area contributed by atoms with Crippen LogP contribution in [-0.4, -0.2) is 0 Å². The van der Waals surface area contributed by atoms with Crippen molar-refractivity contribution in [3.63, 3.8) is 0 Å². The first-order valence-corrected chi connectivity index (χ1v) is 15.3. The minimum absolute atomic E-state index is 1.07. The minimum Gasteiger partial charge on any atom is -0.467 e. The first-order chi connectivity index (χ1) is 16.3. The zero-order valence-electron chi connectivity index (χ0n) is 23.5. The quantitative estimate of drug-likeness (QED) is 0.0917. The lowest BCUT2D eigenvalue weighted by Crippen LogP contribution is -1.96. The summed E-state index contributed by atoms with van der Waals surface area (Å²) in [7, 11) is 0. The molecule has 0 aliphatic heterocycles. The van der Waals surface area contributed by atoms with Crippen LogP contribution in [0.1, 0.15) is 182 Å². The average Bonchev–Trinajstić information content (AvgIpc) is 2.81. The lowest BCUT2D eigenvalue weighted by atomic mass is 10.0. The third-order valence-electron chi connectivity index (χ3n) is 6.68. The lowest BCUT2D eigenvalue weighted by molar-refractivity contribution is 0.267. The maximum atomic E-state index is 6.42. The average molecular weight is 463 g/mol. The van der Waals surface area contributed by atoms with E-state index < -0.39 is 0 Å². The monoisotopic (exact) mass is 462 g/mol. The van der Waals surface area contributed by atoms with Crippen LogP contribution >= 0.6 is 0 Å². The van der Waals surface area contributed by atoms with Gasteiger partial charge in [-0.3, -0.25) is 0 Å². The summed E-state index contributed by atoms with van der Waals surface area (Å²) >= 11 is 0. The Kier molecular flexibility index (Phi) is 26.9. The van der Waals surface area contributed by atoms with Crippen molar-refractivity contribution in [3.05, 3.63) is 23.7 Å². The van der Waals surface area contributed by atoms with E-state index in [1.54, 1.807) is 0 Å². The van der Waals surface area contributed by atoms with E-state index in [4.69, 9.17) is 4.74 Å². The summed E-state index contributed by atoms with van der Waals surface area (Å²) in [5.41, 5.74) is 0. The van der Waals surface area contributed by atoms with Gasteiger partial charge in [0.25, 0.3) is 0 Å². The third kappa shape index (κ3) is 24.2. The van der Waals surface area contributed by atoms with Gasteiger partial charge in [-0.1, -0.05) is 143 Å². The molecule has 1 nitrogen and oxygen atoms in total. The zero-order valence-corrected chi connectivity index (χ0v) is 23.5. The summed E-state index contributed by atoms with van der Waals surface area (Å²) in [5.74, 6) is 2.45. The molecule has 0 aliphatic carbocycles. The van der Waals surface area contributed by atoms with Gasteiger partial charge in [0.15, 0.2) is 0 Å². The lowest BCUT2D eigenvalue weighted by Gasteiger charge is -2.14. The molecule has 0 aromatic heterocycles. The molecule has 196 valence electrons. The Balaban J connectivity index is 3.93. The van der Waals surface area contributed by atoms with Gasteiger partial charge in [0.1, 0.15) is 0 Å². The zero-order chi connectivity index (χ0) is 24.2. The highest BCUT2D eigenvalue weighted by Crippen LogP contribution is 2.21. The highest BCUT2D eigenvalue weighted by molar-refractivity contribution is 5.02. The highest BCUT2D eigenvalue weighted by atomic mass is 16.5. The summed E-state index contributed by atoms with van der Waals surface area (Å²) in [4.78, 5) is 0. The molecule has 0 amide bonds. The number of ether oxygens (including phenoxy) is 1. The van der Waals surface area contributed by atoms with Crippen molar-refractivity contribution in [3.8, 4) is 0 Å². The molecule has 0 aromatic rings. The van der Waals surface area contributed by atoms with E-state index in [9.17, 15) is 0 Å². The molecule has 0 atom stereocenters. The molecule has 0 radical (unpaired) electrons. The normalized spacial score (nSPS) is 12.5. The Bertz CT molecular complexity index is 394. The summed E-state index contributed by atoms with van der Waals surface area (Å²) in [5, 5.41) is 0. The van der Waals surface area contributed by atoms with Gasteiger partial charge in [-0.2, -0.15) is 0 Å².